The molecular formula is C29H35N3O5S. The molecule has 1 unspecified atom stereocenters. The molecule has 0 saturated heterocycles. The Morgan fingerprint density at radius 2 is 1.45 bits per heavy atom. The topological polar surface area (TPSA) is 96.0 Å². The van der Waals surface area contributed by atoms with Crippen LogP contribution in [0.3, 0.4) is 0 Å². The molecule has 202 valence electrons. The summed E-state index contributed by atoms with van der Waals surface area (Å²) in [5, 5.41) is 2.85. The third-order valence-electron chi connectivity index (χ3n) is 6.05. The average Bonchev–Trinajstić information content (AvgIpc) is 2.92. The van der Waals surface area contributed by atoms with Gasteiger partial charge in [-0.15, -0.1) is 0 Å². The molecule has 3 aromatic carbocycles. The molecule has 0 heterocycles. The number of ether oxygens (including phenoxy) is 1. The number of methoxy groups -OCH3 is 1. The fourth-order valence-corrected chi connectivity index (χ4v) is 5.39. The van der Waals surface area contributed by atoms with Gasteiger partial charge in [-0.25, -0.2) is 8.42 Å². The number of amides is 2. The van der Waals surface area contributed by atoms with Crippen molar-refractivity contribution < 1.29 is 22.7 Å². The highest BCUT2D eigenvalue weighted by atomic mass is 32.2. The molecular weight excluding hydrogens is 502 g/mol. The summed E-state index contributed by atoms with van der Waals surface area (Å²) >= 11 is 0. The predicted octanol–water partition coefficient (Wildman–Crippen LogP) is 3.87. The molecule has 0 aromatic heterocycles. The fraction of sp³-hybridized carbons (Fsp3) is 0.310. The molecule has 9 heteroatoms. The van der Waals surface area contributed by atoms with Gasteiger partial charge in [0, 0.05) is 12.6 Å². The number of benzene rings is 3. The van der Waals surface area contributed by atoms with Gasteiger partial charge in [-0.1, -0.05) is 48.5 Å². The van der Waals surface area contributed by atoms with Crippen molar-refractivity contribution in [3.8, 4) is 5.75 Å². The minimum absolute atomic E-state index is 0.0244. The van der Waals surface area contributed by atoms with Gasteiger partial charge < -0.3 is 15.0 Å². The lowest BCUT2D eigenvalue weighted by atomic mass is 10.1. The van der Waals surface area contributed by atoms with E-state index in [-0.39, 0.29) is 23.4 Å². The molecule has 0 saturated carbocycles. The van der Waals surface area contributed by atoms with Crippen LogP contribution in [0.1, 0.15) is 26.3 Å². The standard InChI is InChI=1S/C29H35N3O5S/c1-22(2)30-29(34)23(3)31(20-19-24-11-7-5-8-12-24)28(33)21-32(25-13-9-6-10-14-25)38(35,36)27-17-15-26(37-4)16-18-27/h5-18,22-23H,19-21H2,1-4H3,(H,30,34). The zero-order valence-corrected chi connectivity index (χ0v) is 23.0. The van der Waals surface area contributed by atoms with E-state index in [1.165, 1.54) is 24.1 Å². The summed E-state index contributed by atoms with van der Waals surface area (Å²) in [5.74, 6) is -0.262. The molecule has 0 aliphatic heterocycles. The van der Waals surface area contributed by atoms with Gasteiger partial charge >= 0.3 is 0 Å². The second kappa shape index (κ2) is 13.1. The van der Waals surface area contributed by atoms with Crippen molar-refractivity contribution in [1.29, 1.82) is 0 Å². The lowest BCUT2D eigenvalue weighted by Gasteiger charge is -2.32. The van der Waals surface area contributed by atoms with Crippen LogP contribution in [0.15, 0.2) is 89.8 Å². The van der Waals surface area contributed by atoms with Gasteiger partial charge in [0.2, 0.25) is 11.8 Å². The van der Waals surface area contributed by atoms with Crippen LogP contribution in [-0.4, -0.2) is 57.4 Å². The normalized spacial score (nSPS) is 12.0. The fourth-order valence-electron chi connectivity index (χ4n) is 3.97. The van der Waals surface area contributed by atoms with E-state index < -0.39 is 28.5 Å². The SMILES string of the molecule is COc1ccc(S(=O)(=O)N(CC(=O)N(CCc2ccccc2)C(C)C(=O)NC(C)C)c2ccccc2)cc1. The molecule has 38 heavy (non-hydrogen) atoms. The molecule has 1 atom stereocenters. The van der Waals surface area contributed by atoms with Crippen LogP contribution in [0, 0.1) is 0 Å². The Balaban J connectivity index is 1.95. The van der Waals surface area contributed by atoms with E-state index >= 15 is 0 Å². The Morgan fingerprint density at radius 3 is 2.00 bits per heavy atom. The van der Waals surface area contributed by atoms with Crippen LogP contribution >= 0.6 is 0 Å². The quantitative estimate of drug-likeness (QED) is 0.378. The van der Waals surface area contributed by atoms with Crippen LogP contribution in [0.5, 0.6) is 5.75 Å². The van der Waals surface area contributed by atoms with Crippen molar-refractivity contribution in [2.24, 2.45) is 0 Å². The number of sulfonamides is 1. The molecule has 2 amide bonds. The third-order valence-corrected chi connectivity index (χ3v) is 7.84. The van der Waals surface area contributed by atoms with Crippen molar-refractivity contribution >= 4 is 27.5 Å². The molecule has 3 rings (SSSR count). The van der Waals surface area contributed by atoms with Crippen LogP contribution < -0.4 is 14.4 Å². The summed E-state index contributed by atoms with van der Waals surface area (Å²) < 4.78 is 33.7. The Hall–Kier alpha value is -3.85. The minimum atomic E-state index is -4.11. The van der Waals surface area contributed by atoms with Gasteiger partial charge in [0.1, 0.15) is 18.3 Å². The van der Waals surface area contributed by atoms with Gasteiger partial charge in [0.25, 0.3) is 10.0 Å². The van der Waals surface area contributed by atoms with Crippen LogP contribution in [0.4, 0.5) is 5.69 Å². The largest absolute Gasteiger partial charge is 0.497 e. The van der Waals surface area contributed by atoms with Crippen LogP contribution in [0.2, 0.25) is 0 Å². The summed E-state index contributed by atoms with van der Waals surface area (Å²) in [6.45, 7) is 5.14. The van der Waals surface area contributed by atoms with E-state index in [2.05, 4.69) is 5.32 Å². The summed E-state index contributed by atoms with van der Waals surface area (Å²) in [6.07, 6.45) is 0.516. The van der Waals surface area contributed by atoms with Crippen LogP contribution in [0.25, 0.3) is 0 Å². The first-order valence-corrected chi connectivity index (χ1v) is 13.9. The maximum Gasteiger partial charge on any atom is 0.264 e. The first-order valence-electron chi connectivity index (χ1n) is 12.5. The van der Waals surface area contributed by atoms with Crippen molar-refractivity contribution in [1.82, 2.24) is 10.2 Å². The molecule has 8 nitrogen and oxygen atoms in total. The van der Waals surface area contributed by atoms with Crippen molar-refractivity contribution in [2.75, 3.05) is 24.5 Å². The van der Waals surface area contributed by atoms with E-state index in [9.17, 15) is 18.0 Å². The zero-order chi connectivity index (χ0) is 27.7. The van der Waals surface area contributed by atoms with E-state index in [4.69, 9.17) is 4.74 Å². The van der Waals surface area contributed by atoms with Gasteiger partial charge in [0.05, 0.1) is 17.7 Å². The molecule has 1 N–H and O–H groups in total. The summed E-state index contributed by atoms with van der Waals surface area (Å²) in [7, 11) is -2.61. The van der Waals surface area contributed by atoms with E-state index in [1.807, 2.05) is 44.2 Å². The molecule has 3 aromatic rings. The monoisotopic (exact) mass is 537 g/mol. The minimum Gasteiger partial charge on any atom is -0.497 e. The van der Waals surface area contributed by atoms with E-state index in [0.29, 0.717) is 17.9 Å². The summed E-state index contributed by atoms with van der Waals surface area (Å²) in [4.78, 5) is 28.1. The Kier molecular flexibility index (Phi) is 9.90. The number of anilines is 1. The highest BCUT2D eigenvalue weighted by Gasteiger charge is 2.32. The second-order valence-corrected chi connectivity index (χ2v) is 11.0. The molecule has 0 bridgehead atoms. The van der Waals surface area contributed by atoms with E-state index in [0.717, 1.165) is 9.87 Å². The van der Waals surface area contributed by atoms with Gasteiger partial charge in [-0.2, -0.15) is 0 Å². The maximum absolute atomic E-state index is 13.8. The van der Waals surface area contributed by atoms with Crippen molar-refractivity contribution in [3.63, 3.8) is 0 Å². The Bertz CT molecular complexity index is 1300. The molecule has 0 spiro atoms. The predicted molar refractivity (Wildman–Crippen MR) is 149 cm³/mol. The van der Waals surface area contributed by atoms with Gasteiger partial charge in [-0.05, 0) is 69.2 Å². The Morgan fingerprint density at radius 1 is 0.868 bits per heavy atom. The molecule has 0 radical (unpaired) electrons. The number of hydrogen-bond acceptors (Lipinski definition) is 5. The first kappa shape index (κ1) is 28.7. The second-order valence-electron chi connectivity index (χ2n) is 9.18. The maximum atomic E-state index is 13.8. The average molecular weight is 538 g/mol. The molecule has 0 aliphatic rings. The van der Waals surface area contributed by atoms with Crippen molar-refractivity contribution in [2.45, 2.75) is 44.2 Å². The first-order chi connectivity index (χ1) is 18.1. The number of nitrogens with one attached hydrogen (secondary N) is 1. The summed E-state index contributed by atoms with van der Waals surface area (Å²) in [5.41, 5.74) is 1.35. The number of rotatable bonds is 12. The third kappa shape index (κ3) is 7.35. The summed E-state index contributed by atoms with van der Waals surface area (Å²) in [6, 6.07) is 23.2. The lowest BCUT2D eigenvalue weighted by molar-refractivity contribution is -0.139. The van der Waals surface area contributed by atoms with Crippen molar-refractivity contribution in [3.05, 3.63) is 90.5 Å². The number of hydrogen-bond donors (Lipinski definition) is 1. The number of carbonyl (C=O) groups is 2. The molecule has 0 aliphatic carbocycles. The zero-order valence-electron chi connectivity index (χ0n) is 22.2. The van der Waals surface area contributed by atoms with E-state index in [1.54, 1.807) is 49.4 Å². The number of carbonyl (C=O) groups excluding carboxylic acids is 2. The van der Waals surface area contributed by atoms with Gasteiger partial charge in [-0.3, -0.25) is 13.9 Å². The smallest absolute Gasteiger partial charge is 0.264 e. The Labute approximate surface area is 225 Å². The van der Waals surface area contributed by atoms with Crippen LogP contribution in [-0.2, 0) is 26.0 Å². The number of para-hydroxylation sites is 1. The molecule has 0 fully saturated rings. The lowest BCUT2D eigenvalue weighted by Crippen LogP contribution is -2.53. The highest BCUT2D eigenvalue weighted by molar-refractivity contribution is 7.92. The van der Waals surface area contributed by atoms with Gasteiger partial charge in [0.15, 0.2) is 0 Å². The highest BCUT2D eigenvalue weighted by Crippen LogP contribution is 2.25. The number of nitrogens with zero attached hydrogens (tertiary/aromatic N) is 2.